The van der Waals surface area contributed by atoms with Crippen LogP contribution in [0.15, 0.2) is 66.9 Å². The van der Waals surface area contributed by atoms with E-state index < -0.39 is 0 Å². The Labute approximate surface area is 117 Å². The van der Waals surface area contributed by atoms with Crippen molar-refractivity contribution in [2.24, 2.45) is 0 Å². The van der Waals surface area contributed by atoms with Crippen molar-refractivity contribution >= 4 is 0 Å². The molecule has 3 heteroatoms. The number of nitrogens with zero attached hydrogens (tertiary/aromatic N) is 3. The van der Waals surface area contributed by atoms with Crippen LogP contribution in [0.5, 0.6) is 0 Å². The van der Waals surface area contributed by atoms with Gasteiger partial charge in [0.2, 0.25) is 0 Å². The molecule has 0 saturated carbocycles. The fourth-order valence-corrected chi connectivity index (χ4v) is 1.99. The van der Waals surface area contributed by atoms with Gasteiger partial charge in [-0.3, -0.25) is 0 Å². The Balaban J connectivity index is 2.06. The molecule has 3 aromatic rings. The number of aromatic nitrogens is 2. The van der Waals surface area contributed by atoms with Gasteiger partial charge < -0.3 is 0 Å². The van der Waals surface area contributed by atoms with Crippen LogP contribution < -0.4 is 0 Å². The smallest absolute Gasteiger partial charge is 0.159 e. The van der Waals surface area contributed by atoms with Crippen molar-refractivity contribution in [2.45, 2.75) is 0 Å². The van der Waals surface area contributed by atoms with Crippen LogP contribution in [0.3, 0.4) is 0 Å². The monoisotopic (exact) mass is 257 g/mol. The minimum absolute atomic E-state index is 0.627. The van der Waals surface area contributed by atoms with Gasteiger partial charge in [0.15, 0.2) is 5.82 Å². The number of benzene rings is 2. The van der Waals surface area contributed by atoms with Crippen molar-refractivity contribution in [3.8, 4) is 28.7 Å². The summed E-state index contributed by atoms with van der Waals surface area (Å²) in [5.74, 6) is 0.686. The van der Waals surface area contributed by atoms with Crippen LogP contribution in [0.2, 0.25) is 0 Å². The first kappa shape index (κ1) is 12.1. The highest BCUT2D eigenvalue weighted by Gasteiger charge is 2.04. The van der Waals surface area contributed by atoms with E-state index >= 15 is 0 Å². The van der Waals surface area contributed by atoms with Crippen LogP contribution in [-0.2, 0) is 0 Å². The molecule has 0 spiro atoms. The van der Waals surface area contributed by atoms with Gasteiger partial charge in [-0.15, -0.1) is 0 Å². The Bertz CT molecular complexity index is 773. The summed E-state index contributed by atoms with van der Waals surface area (Å²) in [5.41, 5.74) is 3.34. The van der Waals surface area contributed by atoms with Gasteiger partial charge in [0, 0.05) is 17.3 Å². The molecule has 0 aliphatic rings. The highest BCUT2D eigenvalue weighted by atomic mass is 14.9. The van der Waals surface area contributed by atoms with Crippen LogP contribution in [-0.4, -0.2) is 9.97 Å². The molecular formula is C17H11N3. The second-order valence-electron chi connectivity index (χ2n) is 4.32. The van der Waals surface area contributed by atoms with Gasteiger partial charge in [-0.1, -0.05) is 42.5 Å². The lowest BCUT2D eigenvalue weighted by atomic mass is 10.1. The van der Waals surface area contributed by atoms with Crippen LogP contribution >= 0.6 is 0 Å². The van der Waals surface area contributed by atoms with Gasteiger partial charge in [-0.25, -0.2) is 9.97 Å². The Hall–Kier alpha value is -2.99. The second kappa shape index (κ2) is 5.33. The Morgan fingerprint density at radius 2 is 1.65 bits per heavy atom. The fraction of sp³-hybridized carbons (Fsp3) is 0. The average Bonchev–Trinajstić information content (AvgIpc) is 2.56. The number of hydrogen-bond donors (Lipinski definition) is 0. The van der Waals surface area contributed by atoms with E-state index in [2.05, 4.69) is 16.0 Å². The van der Waals surface area contributed by atoms with E-state index in [9.17, 15) is 0 Å². The van der Waals surface area contributed by atoms with E-state index in [1.54, 1.807) is 12.3 Å². The third-order valence-electron chi connectivity index (χ3n) is 2.98. The molecule has 2 aromatic carbocycles. The lowest BCUT2D eigenvalue weighted by Gasteiger charge is -2.04. The van der Waals surface area contributed by atoms with Gasteiger partial charge in [0.25, 0.3) is 0 Å². The van der Waals surface area contributed by atoms with Crippen molar-refractivity contribution < 1.29 is 0 Å². The van der Waals surface area contributed by atoms with Crippen molar-refractivity contribution in [3.63, 3.8) is 0 Å². The van der Waals surface area contributed by atoms with Gasteiger partial charge in [-0.05, 0) is 18.2 Å². The molecule has 0 N–H and O–H groups in total. The summed E-state index contributed by atoms with van der Waals surface area (Å²) in [6.45, 7) is 0. The van der Waals surface area contributed by atoms with E-state index in [4.69, 9.17) is 5.26 Å². The Kier molecular flexibility index (Phi) is 3.22. The minimum atomic E-state index is 0.627. The fourth-order valence-electron chi connectivity index (χ4n) is 1.99. The summed E-state index contributed by atoms with van der Waals surface area (Å²) < 4.78 is 0. The molecule has 20 heavy (non-hydrogen) atoms. The summed E-state index contributed by atoms with van der Waals surface area (Å²) in [5, 5.41) is 8.96. The van der Waals surface area contributed by atoms with Crippen LogP contribution in [0.4, 0.5) is 0 Å². The molecule has 0 atom stereocenters. The maximum absolute atomic E-state index is 8.96. The summed E-state index contributed by atoms with van der Waals surface area (Å²) in [7, 11) is 0. The maximum Gasteiger partial charge on any atom is 0.159 e. The van der Waals surface area contributed by atoms with Crippen LogP contribution in [0.1, 0.15) is 5.56 Å². The first-order chi connectivity index (χ1) is 9.86. The Morgan fingerprint density at radius 1 is 0.850 bits per heavy atom. The molecule has 0 unspecified atom stereocenters. The first-order valence-electron chi connectivity index (χ1n) is 6.26. The molecule has 1 heterocycles. The first-order valence-corrected chi connectivity index (χ1v) is 6.26. The van der Waals surface area contributed by atoms with E-state index in [0.29, 0.717) is 11.4 Å². The molecule has 1 aromatic heterocycles. The highest BCUT2D eigenvalue weighted by molar-refractivity contribution is 5.64. The molecule has 94 valence electrons. The van der Waals surface area contributed by atoms with Gasteiger partial charge >= 0.3 is 0 Å². The number of rotatable bonds is 2. The normalized spacial score (nSPS) is 9.95. The molecule has 3 nitrogen and oxygen atoms in total. The minimum Gasteiger partial charge on any atom is -0.237 e. The molecule has 0 fully saturated rings. The van der Waals surface area contributed by atoms with Gasteiger partial charge in [0.1, 0.15) is 0 Å². The summed E-state index contributed by atoms with van der Waals surface area (Å²) in [6, 6.07) is 21.2. The van der Waals surface area contributed by atoms with Crippen molar-refractivity contribution in [3.05, 3.63) is 72.4 Å². The van der Waals surface area contributed by atoms with E-state index in [1.165, 1.54) is 0 Å². The molecule has 3 rings (SSSR count). The molecule has 0 radical (unpaired) electrons. The van der Waals surface area contributed by atoms with Gasteiger partial charge in [-0.2, -0.15) is 5.26 Å². The highest BCUT2D eigenvalue weighted by Crippen LogP contribution is 2.21. The van der Waals surface area contributed by atoms with Gasteiger partial charge in [0.05, 0.1) is 17.3 Å². The van der Waals surface area contributed by atoms with Crippen LogP contribution in [0.25, 0.3) is 22.6 Å². The van der Waals surface area contributed by atoms with E-state index in [1.807, 2.05) is 54.6 Å². The molecular weight excluding hydrogens is 246 g/mol. The second-order valence-corrected chi connectivity index (χ2v) is 4.32. The average molecular weight is 257 g/mol. The van der Waals surface area contributed by atoms with Crippen LogP contribution in [0, 0.1) is 11.3 Å². The molecule has 0 aliphatic heterocycles. The topological polar surface area (TPSA) is 49.6 Å². The largest absolute Gasteiger partial charge is 0.237 e. The molecule has 0 bridgehead atoms. The SMILES string of the molecule is N#Cc1cccc(-c2ccnc(-c3ccccc3)n2)c1. The summed E-state index contributed by atoms with van der Waals surface area (Å²) in [4.78, 5) is 8.87. The zero-order valence-corrected chi connectivity index (χ0v) is 10.7. The molecule has 0 saturated heterocycles. The van der Waals surface area contributed by atoms with Crippen molar-refractivity contribution in [1.82, 2.24) is 9.97 Å². The zero-order valence-electron chi connectivity index (χ0n) is 10.7. The maximum atomic E-state index is 8.96. The number of nitriles is 1. The van der Waals surface area contributed by atoms with Crippen molar-refractivity contribution in [2.75, 3.05) is 0 Å². The Morgan fingerprint density at radius 3 is 2.45 bits per heavy atom. The quantitative estimate of drug-likeness (QED) is 0.703. The summed E-state index contributed by atoms with van der Waals surface area (Å²) in [6.07, 6.45) is 1.74. The van der Waals surface area contributed by atoms with E-state index in [-0.39, 0.29) is 0 Å². The van der Waals surface area contributed by atoms with E-state index in [0.717, 1.165) is 16.8 Å². The lowest BCUT2D eigenvalue weighted by Crippen LogP contribution is -1.91. The molecule has 0 amide bonds. The third-order valence-corrected chi connectivity index (χ3v) is 2.98. The lowest BCUT2D eigenvalue weighted by molar-refractivity contribution is 1.18. The summed E-state index contributed by atoms with van der Waals surface area (Å²) >= 11 is 0. The standard InChI is InChI=1S/C17H11N3/c18-12-13-5-4-8-15(11-13)16-9-10-19-17(20-16)14-6-2-1-3-7-14/h1-11H. The number of hydrogen-bond acceptors (Lipinski definition) is 3. The predicted molar refractivity (Wildman–Crippen MR) is 77.6 cm³/mol. The predicted octanol–water partition coefficient (Wildman–Crippen LogP) is 3.68. The molecule has 0 aliphatic carbocycles. The zero-order chi connectivity index (χ0) is 13.8. The third kappa shape index (κ3) is 2.40. The van der Waals surface area contributed by atoms with Crippen molar-refractivity contribution in [1.29, 1.82) is 5.26 Å².